The van der Waals surface area contributed by atoms with Gasteiger partial charge in [0.1, 0.15) is 5.69 Å². The molecule has 0 spiro atoms. The second kappa shape index (κ2) is 9.65. The molecule has 4 nitrogen and oxygen atoms in total. The number of hydrogen-bond donors (Lipinski definition) is 2. The Kier molecular flexibility index (Phi) is 8.23. The molecule has 6 heteroatoms. The first-order chi connectivity index (χ1) is 10.6. The molecule has 126 valence electrons. The Morgan fingerprint density at radius 1 is 1.30 bits per heavy atom. The van der Waals surface area contributed by atoms with Crippen molar-refractivity contribution in [3.63, 3.8) is 0 Å². The van der Waals surface area contributed by atoms with E-state index in [9.17, 15) is 4.79 Å². The summed E-state index contributed by atoms with van der Waals surface area (Å²) in [6.07, 6.45) is 0.719. The molecule has 2 aromatic rings. The number of hydrogen-bond acceptors (Lipinski definition) is 4. The number of rotatable bonds is 7. The topological polar surface area (TPSA) is 68.0 Å². The minimum absolute atomic E-state index is 0. The molecule has 1 aromatic carbocycles. The highest BCUT2D eigenvalue weighted by Crippen LogP contribution is 2.23. The number of nitrogens with two attached hydrogens (primary N) is 1. The molecule has 0 fully saturated rings. The molecular formula is C17H24ClN3OS. The van der Waals surface area contributed by atoms with E-state index in [1.54, 1.807) is 5.38 Å². The first-order valence-corrected chi connectivity index (χ1v) is 8.47. The minimum atomic E-state index is -0.110. The Bertz CT molecular complexity index is 601. The largest absolute Gasteiger partial charge is 0.350 e. The van der Waals surface area contributed by atoms with Gasteiger partial charge in [-0.25, -0.2) is 4.98 Å². The average Bonchev–Trinajstić information content (AvgIpc) is 2.97. The fourth-order valence-electron chi connectivity index (χ4n) is 2.39. The molecule has 0 aliphatic carbocycles. The number of nitrogens with one attached hydrogen (secondary N) is 1. The van der Waals surface area contributed by atoms with E-state index in [0.29, 0.717) is 30.6 Å². The molecule has 1 atom stereocenters. The smallest absolute Gasteiger partial charge is 0.270 e. The highest BCUT2D eigenvalue weighted by atomic mass is 35.5. The lowest BCUT2D eigenvalue weighted by Crippen LogP contribution is -2.30. The zero-order valence-electron chi connectivity index (χ0n) is 13.5. The van der Waals surface area contributed by atoms with Crippen molar-refractivity contribution >= 4 is 29.7 Å². The summed E-state index contributed by atoms with van der Waals surface area (Å²) < 4.78 is 0. The van der Waals surface area contributed by atoms with E-state index in [1.807, 2.05) is 18.2 Å². The first-order valence-electron chi connectivity index (χ1n) is 7.59. The molecule has 1 unspecified atom stereocenters. The molecule has 0 radical (unpaired) electrons. The second-order valence-electron chi connectivity index (χ2n) is 5.64. The van der Waals surface area contributed by atoms with Crippen LogP contribution < -0.4 is 11.1 Å². The Morgan fingerprint density at radius 2 is 2.00 bits per heavy atom. The quantitative estimate of drug-likeness (QED) is 0.802. The third-order valence-electron chi connectivity index (χ3n) is 3.66. The summed E-state index contributed by atoms with van der Waals surface area (Å²) in [5, 5.41) is 5.72. The van der Waals surface area contributed by atoms with Crippen LogP contribution in [0.25, 0.3) is 0 Å². The van der Waals surface area contributed by atoms with Crippen LogP contribution in [0.5, 0.6) is 0 Å². The number of carbonyl (C=O) groups is 1. The normalized spacial score (nSPS) is 11.8. The van der Waals surface area contributed by atoms with Gasteiger partial charge in [-0.3, -0.25) is 4.79 Å². The van der Waals surface area contributed by atoms with Gasteiger partial charge in [0.05, 0.1) is 5.01 Å². The number of halogens is 1. The highest BCUT2D eigenvalue weighted by molar-refractivity contribution is 7.09. The Balaban J connectivity index is 0.00000264. The second-order valence-corrected chi connectivity index (χ2v) is 6.58. The van der Waals surface area contributed by atoms with E-state index < -0.39 is 0 Å². The predicted molar refractivity (Wildman–Crippen MR) is 98.5 cm³/mol. The predicted octanol–water partition coefficient (Wildman–Crippen LogP) is 3.24. The van der Waals surface area contributed by atoms with E-state index in [4.69, 9.17) is 5.73 Å². The van der Waals surface area contributed by atoms with Crippen molar-refractivity contribution in [2.45, 2.75) is 26.2 Å². The summed E-state index contributed by atoms with van der Waals surface area (Å²) in [6.45, 7) is 5.51. The average molecular weight is 354 g/mol. The molecule has 2 rings (SSSR count). The SMILES string of the molecule is CC(C)C(CNC(=O)c1csc(CCN)n1)c1ccccc1.Cl. The fraction of sp³-hybridized carbons (Fsp3) is 0.412. The van der Waals surface area contributed by atoms with E-state index in [-0.39, 0.29) is 18.3 Å². The van der Waals surface area contributed by atoms with Gasteiger partial charge >= 0.3 is 0 Å². The van der Waals surface area contributed by atoms with Gasteiger partial charge in [0, 0.05) is 24.3 Å². The van der Waals surface area contributed by atoms with Gasteiger partial charge in [-0.1, -0.05) is 44.2 Å². The van der Waals surface area contributed by atoms with Gasteiger partial charge < -0.3 is 11.1 Å². The van der Waals surface area contributed by atoms with Gasteiger partial charge in [0.25, 0.3) is 5.91 Å². The van der Waals surface area contributed by atoms with Crippen LogP contribution in [0, 0.1) is 5.92 Å². The molecule has 0 saturated heterocycles. The van der Waals surface area contributed by atoms with Crippen LogP contribution in [-0.2, 0) is 6.42 Å². The lowest BCUT2D eigenvalue weighted by Gasteiger charge is -2.21. The van der Waals surface area contributed by atoms with E-state index in [1.165, 1.54) is 16.9 Å². The van der Waals surface area contributed by atoms with E-state index in [2.05, 4.69) is 36.3 Å². The summed E-state index contributed by atoms with van der Waals surface area (Å²) in [6, 6.07) is 10.3. The molecule has 0 aliphatic heterocycles. The van der Waals surface area contributed by atoms with Crippen molar-refractivity contribution in [3.8, 4) is 0 Å². The van der Waals surface area contributed by atoms with Crippen molar-refractivity contribution < 1.29 is 4.79 Å². The third-order valence-corrected chi connectivity index (χ3v) is 4.57. The minimum Gasteiger partial charge on any atom is -0.350 e. The first kappa shape index (κ1) is 19.6. The Hall–Kier alpha value is -1.43. The molecule has 1 heterocycles. The van der Waals surface area contributed by atoms with Crippen molar-refractivity contribution in [2.24, 2.45) is 11.7 Å². The van der Waals surface area contributed by atoms with Gasteiger partial charge in [0.15, 0.2) is 0 Å². The van der Waals surface area contributed by atoms with Crippen LogP contribution in [0.4, 0.5) is 0 Å². The number of nitrogens with zero attached hydrogens (tertiary/aromatic N) is 1. The summed E-state index contributed by atoms with van der Waals surface area (Å²) >= 11 is 1.49. The maximum Gasteiger partial charge on any atom is 0.270 e. The van der Waals surface area contributed by atoms with Crippen LogP contribution >= 0.6 is 23.7 Å². The van der Waals surface area contributed by atoms with E-state index >= 15 is 0 Å². The molecule has 3 N–H and O–H groups in total. The Morgan fingerprint density at radius 3 is 2.61 bits per heavy atom. The van der Waals surface area contributed by atoms with Crippen molar-refractivity contribution in [3.05, 3.63) is 52.0 Å². The zero-order valence-corrected chi connectivity index (χ0v) is 15.1. The molecule has 0 bridgehead atoms. The number of amides is 1. The van der Waals surface area contributed by atoms with Gasteiger partial charge in [-0.05, 0) is 18.0 Å². The van der Waals surface area contributed by atoms with Crippen LogP contribution in [-0.4, -0.2) is 24.0 Å². The highest BCUT2D eigenvalue weighted by Gasteiger charge is 2.18. The Labute approximate surface area is 147 Å². The zero-order chi connectivity index (χ0) is 15.9. The van der Waals surface area contributed by atoms with Crippen LogP contribution in [0.15, 0.2) is 35.7 Å². The monoisotopic (exact) mass is 353 g/mol. The summed E-state index contributed by atoms with van der Waals surface area (Å²) in [5.41, 5.74) is 7.25. The number of carbonyl (C=O) groups excluding carboxylic acids is 1. The molecule has 0 saturated carbocycles. The van der Waals surface area contributed by atoms with Crippen LogP contribution in [0.2, 0.25) is 0 Å². The van der Waals surface area contributed by atoms with Gasteiger partial charge in [0.2, 0.25) is 0 Å². The van der Waals surface area contributed by atoms with Crippen LogP contribution in [0.1, 0.15) is 40.8 Å². The molecule has 1 amide bonds. The third kappa shape index (κ3) is 5.61. The molecule has 23 heavy (non-hydrogen) atoms. The van der Waals surface area contributed by atoms with Gasteiger partial charge in [-0.15, -0.1) is 23.7 Å². The lowest BCUT2D eigenvalue weighted by atomic mass is 9.88. The number of benzene rings is 1. The molecular weight excluding hydrogens is 330 g/mol. The van der Waals surface area contributed by atoms with E-state index in [0.717, 1.165) is 11.4 Å². The standard InChI is InChI=1S/C17H23N3OS.ClH/c1-12(2)14(13-6-4-3-5-7-13)10-19-17(21)15-11-22-16(20-15)8-9-18;/h3-7,11-12,14H,8-10,18H2,1-2H3,(H,19,21);1H. The fourth-order valence-corrected chi connectivity index (χ4v) is 3.18. The summed E-state index contributed by atoms with van der Waals surface area (Å²) in [5.74, 6) is 0.638. The van der Waals surface area contributed by atoms with Gasteiger partial charge in [-0.2, -0.15) is 0 Å². The summed E-state index contributed by atoms with van der Waals surface area (Å²) in [7, 11) is 0. The van der Waals surface area contributed by atoms with Crippen LogP contribution in [0.3, 0.4) is 0 Å². The summed E-state index contributed by atoms with van der Waals surface area (Å²) in [4.78, 5) is 16.5. The number of aromatic nitrogens is 1. The molecule has 0 aliphatic rings. The maximum atomic E-state index is 12.2. The van der Waals surface area contributed by atoms with Crippen molar-refractivity contribution in [1.29, 1.82) is 0 Å². The van der Waals surface area contributed by atoms with Crippen molar-refractivity contribution in [2.75, 3.05) is 13.1 Å². The maximum absolute atomic E-state index is 12.2. The van der Waals surface area contributed by atoms with Crippen molar-refractivity contribution in [1.82, 2.24) is 10.3 Å². The lowest BCUT2D eigenvalue weighted by molar-refractivity contribution is 0.0944. The number of thiazole rings is 1. The molecule has 1 aromatic heterocycles.